The Hall–Kier alpha value is -1.55. The van der Waals surface area contributed by atoms with Gasteiger partial charge in [0.2, 0.25) is 5.91 Å². The number of fused-ring (bicyclic) bond motifs is 1. The summed E-state index contributed by atoms with van der Waals surface area (Å²) < 4.78 is 0. The Kier molecular flexibility index (Phi) is 4.10. The number of hydrogen-bond donors (Lipinski definition) is 2. The van der Waals surface area contributed by atoms with Crippen LogP contribution in [0.3, 0.4) is 0 Å². The highest BCUT2D eigenvalue weighted by Crippen LogP contribution is 2.36. The number of amides is 1. The van der Waals surface area contributed by atoms with Gasteiger partial charge in [-0.1, -0.05) is 6.07 Å². The molecule has 0 heterocycles. The minimum atomic E-state index is -0.305. The van der Waals surface area contributed by atoms with Crippen molar-refractivity contribution in [1.29, 1.82) is 0 Å². The van der Waals surface area contributed by atoms with E-state index in [0.29, 0.717) is 0 Å². The Labute approximate surface area is 114 Å². The molecule has 0 saturated heterocycles. The minimum Gasteiger partial charge on any atom is -0.508 e. The number of phenols is 1. The number of nitrogens with zero attached hydrogens (tertiary/aromatic N) is 1. The summed E-state index contributed by atoms with van der Waals surface area (Å²) in [4.78, 5) is 13.4. The third-order valence-corrected chi connectivity index (χ3v) is 3.81. The highest BCUT2D eigenvalue weighted by atomic mass is 16.3. The molecule has 1 aliphatic rings. The maximum atomic E-state index is 11.3. The van der Waals surface area contributed by atoms with E-state index in [9.17, 15) is 9.90 Å². The van der Waals surface area contributed by atoms with Gasteiger partial charge in [-0.3, -0.25) is 9.69 Å². The number of rotatable bonds is 4. The van der Waals surface area contributed by atoms with Gasteiger partial charge in [0.15, 0.2) is 0 Å². The highest BCUT2D eigenvalue weighted by Gasteiger charge is 2.28. The van der Waals surface area contributed by atoms with E-state index in [1.54, 1.807) is 6.07 Å². The average Bonchev–Trinajstić information content (AvgIpc) is 2.35. The van der Waals surface area contributed by atoms with Crippen LogP contribution >= 0.6 is 0 Å². The van der Waals surface area contributed by atoms with Crippen molar-refractivity contribution in [2.24, 2.45) is 5.73 Å². The molecule has 4 heteroatoms. The van der Waals surface area contributed by atoms with Gasteiger partial charge in [0.1, 0.15) is 5.75 Å². The summed E-state index contributed by atoms with van der Waals surface area (Å²) in [6, 6.07) is 5.96. The van der Waals surface area contributed by atoms with Gasteiger partial charge in [0, 0.05) is 12.1 Å². The Morgan fingerprint density at radius 2 is 2.26 bits per heavy atom. The van der Waals surface area contributed by atoms with Crippen LogP contribution in [0.5, 0.6) is 5.75 Å². The Morgan fingerprint density at radius 1 is 1.53 bits per heavy atom. The summed E-state index contributed by atoms with van der Waals surface area (Å²) in [5, 5.41) is 9.70. The van der Waals surface area contributed by atoms with E-state index in [1.807, 2.05) is 12.1 Å². The van der Waals surface area contributed by atoms with Gasteiger partial charge in [0.25, 0.3) is 0 Å². The SMILES string of the molecule is CC(C)N(CC(N)=O)C1CCCc2ccc(O)cc21. The van der Waals surface area contributed by atoms with E-state index in [2.05, 4.69) is 18.7 Å². The first-order chi connectivity index (χ1) is 8.99. The molecule has 4 nitrogen and oxygen atoms in total. The van der Waals surface area contributed by atoms with Gasteiger partial charge >= 0.3 is 0 Å². The van der Waals surface area contributed by atoms with Crippen LogP contribution in [0.25, 0.3) is 0 Å². The molecule has 0 bridgehead atoms. The van der Waals surface area contributed by atoms with Crippen LogP contribution in [0.2, 0.25) is 0 Å². The first kappa shape index (κ1) is 13.9. The summed E-state index contributed by atoms with van der Waals surface area (Å²) in [6.45, 7) is 4.40. The predicted molar refractivity (Wildman–Crippen MR) is 74.8 cm³/mol. The monoisotopic (exact) mass is 262 g/mol. The first-order valence-electron chi connectivity index (χ1n) is 6.85. The average molecular weight is 262 g/mol. The molecule has 104 valence electrons. The molecule has 0 spiro atoms. The molecule has 0 aliphatic heterocycles. The molecule has 1 aromatic rings. The Bertz CT molecular complexity index is 471. The zero-order valence-corrected chi connectivity index (χ0v) is 11.6. The first-order valence-corrected chi connectivity index (χ1v) is 6.85. The van der Waals surface area contributed by atoms with E-state index in [-0.39, 0.29) is 30.3 Å². The third kappa shape index (κ3) is 3.07. The highest BCUT2D eigenvalue weighted by molar-refractivity contribution is 5.76. The van der Waals surface area contributed by atoms with Crippen molar-refractivity contribution in [2.45, 2.75) is 45.2 Å². The molecule has 1 aliphatic carbocycles. The molecule has 1 amide bonds. The third-order valence-electron chi connectivity index (χ3n) is 3.81. The van der Waals surface area contributed by atoms with Crippen molar-refractivity contribution in [3.8, 4) is 5.75 Å². The van der Waals surface area contributed by atoms with Crippen LogP contribution in [0.1, 0.15) is 43.9 Å². The van der Waals surface area contributed by atoms with Crippen LogP contribution in [-0.2, 0) is 11.2 Å². The summed E-state index contributed by atoms with van der Waals surface area (Å²) in [7, 11) is 0. The lowest BCUT2D eigenvalue weighted by molar-refractivity contribution is -0.120. The number of aromatic hydroxyl groups is 1. The standard InChI is InChI=1S/C15H22N2O2/c1-10(2)17(9-15(16)19)14-5-3-4-11-6-7-12(18)8-13(11)14/h6-8,10,14,18H,3-5,9H2,1-2H3,(H2,16,19). The second-order valence-corrected chi connectivity index (χ2v) is 5.52. The van der Waals surface area contributed by atoms with Gasteiger partial charge in [-0.2, -0.15) is 0 Å². The quantitative estimate of drug-likeness (QED) is 0.871. The van der Waals surface area contributed by atoms with Crippen LogP contribution in [-0.4, -0.2) is 28.5 Å². The van der Waals surface area contributed by atoms with E-state index in [1.165, 1.54) is 5.56 Å². The molecule has 19 heavy (non-hydrogen) atoms. The van der Waals surface area contributed by atoms with Crippen molar-refractivity contribution in [3.63, 3.8) is 0 Å². The molecule has 2 rings (SSSR count). The van der Waals surface area contributed by atoms with Crippen molar-refractivity contribution >= 4 is 5.91 Å². The van der Waals surface area contributed by atoms with Gasteiger partial charge in [0.05, 0.1) is 6.54 Å². The number of benzene rings is 1. The van der Waals surface area contributed by atoms with Crippen LogP contribution in [0.15, 0.2) is 18.2 Å². The van der Waals surface area contributed by atoms with E-state index in [4.69, 9.17) is 5.73 Å². The predicted octanol–water partition coefficient (Wildman–Crippen LogP) is 1.97. The summed E-state index contributed by atoms with van der Waals surface area (Å²) >= 11 is 0. The maximum Gasteiger partial charge on any atom is 0.231 e. The molecular formula is C15H22N2O2. The number of carbonyl (C=O) groups is 1. The molecule has 1 unspecified atom stereocenters. The fourth-order valence-corrected chi connectivity index (χ4v) is 2.94. The molecule has 3 N–H and O–H groups in total. The molecule has 0 saturated carbocycles. The number of phenolic OH excluding ortho intramolecular Hbond substituents is 1. The summed E-state index contributed by atoms with van der Waals surface area (Å²) in [5.74, 6) is -0.0191. The molecule has 0 fully saturated rings. The van der Waals surface area contributed by atoms with Crippen molar-refractivity contribution in [2.75, 3.05) is 6.54 Å². The lowest BCUT2D eigenvalue weighted by atomic mass is 9.86. The number of nitrogens with two attached hydrogens (primary N) is 1. The van der Waals surface area contributed by atoms with E-state index in [0.717, 1.165) is 24.8 Å². The lowest BCUT2D eigenvalue weighted by Crippen LogP contribution is -2.42. The van der Waals surface area contributed by atoms with Crippen molar-refractivity contribution < 1.29 is 9.90 Å². The summed E-state index contributed by atoms with van der Waals surface area (Å²) in [5.41, 5.74) is 7.77. The van der Waals surface area contributed by atoms with Crippen LogP contribution < -0.4 is 5.73 Å². The molecule has 1 aromatic carbocycles. The Balaban J connectivity index is 2.34. The molecular weight excluding hydrogens is 240 g/mol. The van der Waals surface area contributed by atoms with Gasteiger partial charge in [-0.25, -0.2) is 0 Å². The Morgan fingerprint density at radius 3 is 2.89 bits per heavy atom. The fourth-order valence-electron chi connectivity index (χ4n) is 2.94. The molecule has 1 atom stereocenters. The maximum absolute atomic E-state index is 11.3. The topological polar surface area (TPSA) is 66.6 Å². The van der Waals surface area contributed by atoms with Gasteiger partial charge < -0.3 is 10.8 Å². The van der Waals surface area contributed by atoms with E-state index >= 15 is 0 Å². The van der Waals surface area contributed by atoms with Gasteiger partial charge in [-0.15, -0.1) is 0 Å². The molecule has 0 radical (unpaired) electrons. The van der Waals surface area contributed by atoms with Crippen molar-refractivity contribution in [3.05, 3.63) is 29.3 Å². The fraction of sp³-hybridized carbons (Fsp3) is 0.533. The van der Waals surface area contributed by atoms with Crippen LogP contribution in [0, 0.1) is 0 Å². The number of hydrogen-bond acceptors (Lipinski definition) is 3. The lowest BCUT2D eigenvalue weighted by Gasteiger charge is -2.37. The van der Waals surface area contributed by atoms with E-state index < -0.39 is 0 Å². The number of aryl methyl sites for hydroxylation is 1. The normalized spacial score (nSPS) is 18.6. The largest absolute Gasteiger partial charge is 0.508 e. The van der Waals surface area contributed by atoms with Crippen LogP contribution in [0.4, 0.5) is 0 Å². The van der Waals surface area contributed by atoms with Gasteiger partial charge in [-0.05, 0) is 56.4 Å². The minimum absolute atomic E-state index is 0.170. The zero-order chi connectivity index (χ0) is 14.0. The van der Waals surface area contributed by atoms with Crippen molar-refractivity contribution in [1.82, 2.24) is 4.90 Å². The number of carbonyl (C=O) groups excluding carboxylic acids is 1. The second-order valence-electron chi connectivity index (χ2n) is 5.52. The second kappa shape index (κ2) is 5.61. The zero-order valence-electron chi connectivity index (χ0n) is 11.6. The summed E-state index contributed by atoms with van der Waals surface area (Å²) in [6.07, 6.45) is 3.14. The number of primary amides is 1. The molecule has 0 aromatic heterocycles. The smallest absolute Gasteiger partial charge is 0.231 e.